The Morgan fingerprint density at radius 2 is 1.79 bits per heavy atom. The Hall–Kier alpha value is -0.670. The minimum atomic E-state index is -0.399. The number of ketones is 1. The van der Waals surface area contributed by atoms with Crippen LogP contribution in [0.2, 0.25) is 0 Å². The van der Waals surface area contributed by atoms with Gasteiger partial charge in [0.2, 0.25) is 0 Å². The van der Waals surface area contributed by atoms with Crippen molar-refractivity contribution in [2.75, 3.05) is 0 Å². The van der Waals surface area contributed by atoms with E-state index < -0.39 is 6.04 Å². The molecule has 19 heavy (non-hydrogen) atoms. The Bertz CT molecular complexity index is 335. The number of carbonyl (C=O) groups is 1. The van der Waals surface area contributed by atoms with E-state index in [1.54, 1.807) is 11.3 Å². The van der Waals surface area contributed by atoms with Crippen LogP contribution in [-0.4, -0.2) is 5.78 Å². The number of nitrogens with two attached hydrogens (primary N) is 1. The molecule has 0 bridgehead atoms. The Labute approximate surface area is 121 Å². The highest BCUT2D eigenvalue weighted by Gasteiger charge is 2.15. The van der Waals surface area contributed by atoms with Gasteiger partial charge >= 0.3 is 0 Å². The van der Waals surface area contributed by atoms with Crippen molar-refractivity contribution in [3.05, 3.63) is 22.4 Å². The third-order valence-electron chi connectivity index (χ3n) is 3.47. The molecular weight excluding hydrogens is 254 g/mol. The minimum Gasteiger partial charge on any atom is -0.317 e. The van der Waals surface area contributed by atoms with E-state index in [2.05, 4.69) is 6.92 Å². The number of hydrogen-bond donors (Lipinski definition) is 1. The van der Waals surface area contributed by atoms with Crippen molar-refractivity contribution >= 4 is 17.1 Å². The van der Waals surface area contributed by atoms with Gasteiger partial charge in [0.25, 0.3) is 0 Å². The quantitative estimate of drug-likeness (QED) is 0.589. The number of thiophene rings is 1. The molecule has 0 aliphatic carbocycles. The summed E-state index contributed by atoms with van der Waals surface area (Å²) < 4.78 is 0. The van der Waals surface area contributed by atoms with Gasteiger partial charge in [0.15, 0.2) is 5.78 Å². The average molecular weight is 281 g/mol. The molecule has 2 nitrogen and oxygen atoms in total. The van der Waals surface area contributed by atoms with E-state index in [0.29, 0.717) is 6.42 Å². The average Bonchev–Trinajstić information content (AvgIpc) is 2.94. The predicted molar refractivity (Wildman–Crippen MR) is 83.5 cm³/mol. The first-order valence-corrected chi connectivity index (χ1v) is 8.45. The summed E-state index contributed by atoms with van der Waals surface area (Å²) in [5.74, 6) is 0.188. The van der Waals surface area contributed by atoms with Gasteiger partial charge in [-0.05, 0) is 17.9 Å². The number of hydrogen-bond acceptors (Lipinski definition) is 3. The summed E-state index contributed by atoms with van der Waals surface area (Å²) in [6.45, 7) is 2.24. The molecule has 1 rings (SSSR count). The SMILES string of the molecule is CCCCCCCCCCC(=O)C(N)c1cccs1. The summed E-state index contributed by atoms with van der Waals surface area (Å²) in [7, 11) is 0. The minimum absolute atomic E-state index is 0.188. The van der Waals surface area contributed by atoms with Crippen molar-refractivity contribution in [2.24, 2.45) is 5.73 Å². The largest absolute Gasteiger partial charge is 0.317 e. The van der Waals surface area contributed by atoms with Gasteiger partial charge < -0.3 is 5.73 Å². The highest BCUT2D eigenvalue weighted by Crippen LogP contribution is 2.19. The first-order chi connectivity index (χ1) is 9.25. The second-order valence-electron chi connectivity index (χ2n) is 5.18. The fourth-order valence-electron chi connectivity index (χ4n) is 2.22. The van der Waals surface area contributed by atoms with E-state index in [9.17, 15) is 4.79 Å². The van der Waals surface area contributed by atoms with Crippen LogP contribution < -0.4 is 5.73 Å². The third-order valence-corrected chi connectivity index (χ3v) is 4.43. The molecule has 0 aliphatic heterocycles. The standard InChI is InChI=1S/C16H27NOS/c1-2-3-4-5-6-7-8-9-11-14(18)16(17)15-12-10-13-19-15/h10,12-13,16H,2-9,11,17H2,1H3. The summed E-state index contributed by atoms with van der Waals surface area (Å²) in [4.78, 5) is 12.9. The van der Waals surface area contributed by atoms with E-state index in [1.165, 1.54) is 38.5 Å². The van der Waals surface area contributed by atoms with E-state index in [0.717, 1.165) is 17.7 Å². The highest BCUT2D eigenvalue weighted by molar-refractivity contribution is 7.10. The van der Waals surface area contributed by atoms with Crippen LogP contribution in [0.3, 0.4) is 0 Å². The molecule has 1 aromatic heterocycles. The van der Waals surface area contributed by atoms with Gasteiger partial charge in [-0.2, -0.15) is 0 Å². The molecule has 0 radical (unpaired) electrons. The summed E-state index contributed by atoms with van der Waals surface area (Å²) in [5, 5.41) is 1.97. The van der Waals surface area contributed by atoms with Crippen molar-refractivity contribution in [3.8, 4) is 0 Å². The van der Waals surface area contributed by atoms with Crippen molar-refractivity contribution < 1.29 is 4.79 Å². The Kier molecular flexibility index (Phi) is 8.76. The van der Waals surface area contributed by atoms with E-state index in [1.807, 2.05) is 17.5 Å². The van der Waals surface area contributed by atoms with Crippen LogP contribution in [0, 0.1) is 0 Å². The van der Waals surface area contributed by atoms with Crippen LogP contribution in [0.1, 0.15) is 75.6 Å². The Morgan fingerprint density at radius 3 is 2.37 bits per heavy atom. The van der Waals surface area contributed by atoms with Gasteiger partial charge in [-0.3, -0.25) is 4.79 Å². The number of carbonyl (C=O) groups excluding carboxylic acids is 1. The van der Waals surface area contributed by atoms with Gasteiger partial charge in [-0.15, -0.1) is 11.3 Å². The molecule has 1 atom stereocenters. The monoisotopic (exact) mass is 281 g/mol. The lowest BCUT2D eigenvalue weighted by atomic mass is 10.0. The lowest BCUT2D eigenvalue weighted by Gasteiger charge is -2.08. The van der Waals surface area contributed by atoms with Crippen molar-refractivity contribution in [3.63, 3.8) is 0 Å². The van der Waals surface area contributed by atoms with Crippen LogP contribution in [0.4, 0.5) is 0 Å². The van der Waals surface area contributed by atoms with Crippen LogP contribution in [0.15, 0.2) is 17.5 Å². The number of rotatable bonds is 11. The van der Waals surface area contributed by atoms with Crippen molar-refractivity contribution in [1.29, 1.82) is 0 Å². The second-order valence-corrected chi connectivity index (χ2v) is 6.16. The Morgan fingerprint density at radius 1 is 1.16 bits per heavy atom. The molecule has 0 spiro atoms. The van der Waals surface area contributed by atoms with E-state index in [4.69, 9.17) is 5.73 Å². The van der Waals surface area contributed by atoms with Crippen molar-refractivity contribution in [2.45, 2.75) is 70.8 Å². The Balaban J connectivity index is 2.01. The summed E-state index contributed by atoms with van der Waals surface area (Å²) in [5.41, 5.74) is 5.94. The van der Waals surface area contributed by atoms with Crippen LogP contribution in [0.5, 0.6) is 0 Å². The molecule has 1 heterocycles. The summed E-state index contributed by atoms with van der Waals surface area (Å²) >= 11 is 1.57. The van der Waals surface area contributed by atoms with Gasteiger partial charge in [0, 0.05) is 11.3 Å². The third kappa shape index (κ3) is 6.88. The lowest BCUT2D eigenvalue weighted by molar-refractivity contribution is -0.120. The maximum atomic E-state index is 11.9. The molecular formula is C16H27NOS. The normalized spacial score (nSPS) is 12.5. The van der Waals surface area contributed by atoms with Gasteiger partial charge in [0.05, 0.1) is 6.04 Å². The molecule has 0 aromatic carbocycles. The summed E-state index contributed by atoms with van der Waals surface area (Å²) in [6.07, 6.45) is 10.7. The fourth-order valence-corrected chi connectivity index (χ4v) is 2.96. The maximum Gasteiger partial charge on any atom is 0.154 e. The molecule has 1 aromatic rings. The predicted octanol–water partition coefficient (Wildman–Crippen LogP) is 4.85. The topological polar surface area (TPSA) is 43.1 Å². The van der Waals surface area contributed by atoms with E-state index in [-0.39, 0.29) is 5.78 Å². The molecule has 0 amide bonds. The molecule has 0 fully saturated rings. The van der Waals surface area contributed by atoms with Crippen LogP contribution in [-0.2, 0) is 4.79 Å². The molecule has 0 saturated heterocycles. The molecule has 0 saturated carbocycles. The zero-order valence-electron chi connectivity index (χ0n) is 12.1. The zero-order valence-corrected chi connectivity index (χ0v) is 12.9. The second kappa shape index (κ2) is 10.2. The van der Waals surface area contributed by atoms with Gasteiger partial charge in [0.1, 0.15) is 0 Å². The highest BCUT2D eigenvalue weighted by atomic mass is 32.1. The summed E-state index contributed by atoms with van der Waals surface area (Å²) in [6, 6.07) is 3.49. The zero-order chi connectivity index (χ0) is 13.9. The molecule has 1 unspecified atom stereocenters. The first-order valence-electron chi connectivity index (χ1n) is 7.57. The molecule has 0 aliphatic rings. The van der Waals surface area contributed by atoms with Crippen LogP contribution in [0.25, 0.3) is 0 Å². The van der Waals surface area contributed by atoms with E-state index >= 15 is 0 Å². The van der Waals surface area contributed by atoms with Gasteiger partial charge in [-0.1, -0.05) is 57.9 Å². The number of Topliss-reactive ketones (excluding diaryl/α,β-unsaturated/α-hetero) is 1. The molecule has 108 valence electrons. The number of unbranched alkanes of at least 4 members (excludes halogenated alkanes) is 7. The lowest BCUT2D eigenvalue weighted by Crippen LogP contribution is -2.20. The van der Waals surface area contributed by atoms with Crippen molar-refractivity contribution in [1.82, 2.24) is 0 Å². The molecule has 2 N–H and O–H groups in total. The fraction of sp³-hybridized carbons (Fsp3) is 0.688. The molecule has 3 heteroatoms. The maximum absolute atomic E-state index is 11.9. The van der Waals surface area contributed by atoms with Gasteiger partial charge in [-0.25, -0.2) is 0 Å². The first kappa shape index (κ1) is 16.4. The van der Waals surface area contributed by atoms with Crippen LogP contribution >= 0.6 is 11.3 Å². The smallest absolute Gasteiger partial charge is 0.154 e.